The fraction of sp³-hybridized carbons (Fsp3) is 0.850. The maximum Gasteiger partial charge on any atom is 0.325 e. The Kier molecular flexibility index (Phi) is 6.73. The van der Waals surface area contributed by atoms with Gasteiger partial charge in [-0.15, -0.1) is 0 Å². The summed E-state index contributed by atoms with van der Waals surface area (Å²) in [5.74, 6) is -0.0922. The molecule has 7 nitrogen and oxygen atoms in total. The van der Waals surface area contributed by atoms with Crippen LogP contribution < -0.4 is 10.6 Å². The van der Waals surface area contributed by atoms with Gasteiger partial charge >= 0.3 is 6.03 Å². The predicted octanol–water partition coefficient (Wildman–Crippen LogP) is 2.01. The third-order valence-corrected chi connectivity index (χ3v) is 6.37. The van der Waals surface area contributed by atoms with Crippen LogP contribution >= 0.6 is 0 Å². The van der Waals surface area contributed by atoms with Gasteiger partial charge in [0.05, 0.1) is 0 Å². The molecule has 1 atom stereocenters. The lowest BCUT2D eigenvalue weighted by Crippen LogP contribution is -2.44. The number of urea groups is 1. The van der Waals surface area contributed by atoms with Crippen molar-refractivity contribution in [2.45, 2.75) is 82.7 Å². The van der Waals surface area contributed by atoms with Crippen molar-refractivity contribution in [3.63, 3.8) is 0 Å². The van der Waals surface area contributed by atoms with Gasteiger partial charge in [-0.05, 0) is 52.0 Å². The van der Waals surface area contributed by atoms with Crippen molar-refractivity contribution in [1.29, 1.82) is 0 Å². The normalized spacial score (nSPS) is 25.2. The molecular weight excluding hydrogens is 344 g/mol. The van der Waals surface area contributed by atoms with E-state index in [0.29, 0.717) is 32.0 Å². The topological polar surface area (TPSA) is 81.8 Å². The van der Waals surface area contributed by atoms with Crippen LogP contribution in [-0.4, -0.2) is 65.4 Å². The quantitative estimate of drug-likeness (QED) is 0.500. The molecule has 0 radical (unpaired) electrons. The van der Waals surface area contributed by atoms with E-state index in [4.69, 9.17) is 0 Å². The molecule has 2 saturated heterocycles. The first-order valence-electron chi connectivity index (χ1n) is 10.7. The molecule has 0 bridgehead atoms. The Bertz CT molecular complexity index is 559. The molecule has 0 aromatic rings. The first kappa shape index (κ1) is 20.1. The molecule has 0 aromatic heterocycles. The van der Waals surface area contributed by atoms with Gasteiger partial charge in [0.15, 0.2) is 0 Å². The molecule has 27 heavy (non-hydrogen) atoms. The molecule has 7 heteroatoms. The lowest BCUT2D eigenvalue weighted by molar-refractivity contribution is -0.131. The molecule has 2 aliphatic heterocycles. The van der Waals surface area contributed by atoms with E-state index in [0.717, 1.165) is 38.6 Å². The lowest BCUT2D eigenvalue weighted by atomic mass is 9.98. The van der Waals surface area contributed by atoms with Crippen LogP contribution in [-0.2, 0) is 9.59 Å². The molecule has 3 fully saturated rings. The van der Waals surface area contributed by atoms with Crippen LogP contribution in [0, 0.1) is 0 Å². The first-order chi connectivity index (χ1) is 13.0. The fourth-order valence-corrected chi connectivity index (χ4v) is 4.68. The van der Waals surface area contributed by atoms with Gasteiger partial charge in [0.2, 0.25) is 5.91 Å². The van der Waals surface area contributed by atoms with Crippen LogP contribution in [0.1, 0.15) is 71.1 Å². The summed E-state index contributed by atoms with van der Waals surface area (Å²) in [7, 11) is 0. The summed E-state index contributed by atoms with van der Waals surface area (Å²) in [6.07, 6.45) is 9.16. The molecular formula is C20H34N4O3. The van der Waals surface area contributed by atoms with Gasteiger partial charge in [-0.1, -0.05) is 19.3 Å². The third-order valence-electron chi connectivity index (χ3n) is 6.37. The number of rotatable bonds is 8. The second-order valence-corrected chi connectivity index (χ2v) is 8.36. The maximum absolute atomic E-state index is 12.5. The molecule has 3 aliphatic rings. The molecule has 1 unspecified atom stereocenters. The highest BCUT2D eigenvalue weighted by atomic mass is 16.2. The monoisotopic (exact) mass is 378 g/mol. The molecule has 0 aromatic carbocycles. The molecule has 1 spiro atoms. The molecule has 152 valence electrons. The third kappa shape index (κ3) is 4.81. The molecule has 4 amide bonds. The summed E-state index contributed by atoms with van der Waals surface area (Å²) in [6, 6.07) is 0.361. The number of hydrogen-bond acceptors (Lipinski definition) is 4. The van der Waals surface area contributed by atoms with Gasteiger partial charge in [-0.25, -0.2) is 4.79 Å². The van der Waals surface area contributed by atoms with Gasteiger partial charge in [-0.2, -0.15) is 0 Å². The van der Waals surface area contributed by atoms with E-state index in [9.17, 15) is 14.4 Å². The molecule has 1 aliphatic carbocycles. The summed E-state index contributed by atoms with van der Waals surface area (Å²) in [5, 5.41) is 5.84. The Morgan fingerprint density at radius 3 is 2.67 bits per heavy atom. The number of hydrogen-bond donors (Lipinski definition) is 2. The number of carbonyl (C=O) groups excluding carboxylic acids is 3. The van der Waals surface area contributed by atoms with Crippen LogP contribution in [0.2, 0.25) is 0 Å². The van der Waals surface area contributed by atoms with E-state index in [2.05, 4.69) is 22.5 Å². The van der Waals surface area contributed by atoms with E-state index in [1.165, 1.54) is 30.7 Å². The summed E-state index contributed by atoms with van der Waals surface area (Å²) in [5.41, 5.74) is -0.648. The smallest absolute Gasteiger partial charge is 0.325 e. The van der Waals surface area contributed by atoms with Crippen molar-refractivity contribution in [3.05, 3.63) is 0 Å². The van der Waals surface area contributed by atoms with Crippen molar-refractivity contribution in [3.8, 4) is 0 Å². The summed E-state index contributed by atoms with van der Waals surface area (Å²) >= 11 is 0. The largest absolute Gasteiger partial charge is 0.356 e. The Morgan fingerprint density at radius 2 is 1.93 bits per heavy atom. The zero-order valence-corrected chi connectivity index (χ0v) is 16.6. The molecule has 1 saturated carbocycles. The number of imide groups is 1. The highest BCUT2D eigenvalue weighted by Crippen LogP contribution is 2.35. The average Bonchev–Trinajstić information content (AvgIpc) is 3.20. The second kappa shape index (κ2) is 9.04. The molecule has 2 N–H and O–H groups in total. The number of amides is 4. The molecule has 3 rings (SSSR count). The standard InChI is InChI=1S/C20H34N4O3/c1-16-8-2-5-13-23(16)14-7-12-21-17(25)9-6-15-24-18(26)20(22-19(24)27)10-3-4-11-20/h16H,2-15H2,1H3,(H,21,25)(H,22,27). The van der Waals surface area contributed by atoms with Gasteiger partial charge < -0.3 is 15.5 Å². The second-order valence-electron chi connectivity index (χ2n) is 8.36. The van der Waals surface area contributed by atoms with Crippen molar-refractivity contribution in [2.24, 2.45) is 0 Å². The summed E-state index contributed by atoms with van der Waals surface area (Å²) < 4.78 is 0. The minimum Gasteiger partial charge on any atom is -0.356 e. The van der Waals surface area contributed by atoms with E-state index < -0.39 is 5.54 Å². The SMILES string of the molecule is CC1CCCCN1CCCNC(=O)CCCN1C(=O)NC2(CCCC2)C1=O. The number of nitrogens with one attached hydrogen (secondary N) is 2. The highest BCUT2D eigenvalue weighted by Gasteiger charge is 2.51. The van der Waals surface area contributed by atoms with Crippen LogP contribution in [0.5, 0.6) is 0 Å². The van der Waals surface area contributed by atoms with Crippen molar-refractivity contribution in [2.75, 3.05) is 26.2 Å². The zero-order valence-electron chi connectivity index (χ0n) is 16.6. The summed E-state index contributed by atoms with van der Waals surface area (Å²) in [6.45, 7) is 5.50. The predicted molar refractivity (Wildman–Crippen MR) is 103 cm³/mol. The zero-order chi connectivity index (χ0) is 19.3. The van der Waals surface area contributed by atoms with E-state index in [1.54, 1.807) is 0 Å². The Labute approximate surface area is 162 Å². The minimum atomic E-state index is -0.648. The Hall–Kier alpha value is -1.63. The minimum absolute atomic E-state index is 0.00401. The molecule has 2 heterocycles. The van der Waals surface area contributed by atoms with Gasteiger partial charge in [0.25, 0.3) is 5.91 Å². The van der Waals surface area contributed by atoms with Gasteiger partial charge in [0.1, 0.15) is 5.54 Å². The first-order valence-corrected chi connectivity index (χ1v) is 10.7. The van der Waals surface area contributed by atoms with E-state index in [1.807, 2.05) is 0 Å². The Balaban J connectivity index is 1.29. The number of nitrogens with zero attached hydrogens (tertiary/aromatic N) is 2. The summed E-state index contributed by atoms with van der Waals surface area (Å²) in [4.78, 5) is 40.5. The average molecular weight is 379 g/mol. The number of likely N-dealkylation sites (tertiary alicyclic amines) is 1. The highest BCUT2D eigenvalue weighted by molar-refractivity contribution is 6.07. The van der Waals surface area contributed by atoms with Crippen molar-refractivity contribution < 1.29 is 14.4 Å². The van der Waals surface area contributed by atoms with Crippen molar-refractivity contribution >= 4 is 17.8 Å². The van der Waals surface area contributed by atoms with E-state index in [-0.39, 0.29) is 17.8 Å². The van der Waals surface area contributed by atoms with Crippen LogP contribution in [0.4, 0.5) is 4.79 Å². The van der Waals surface area contributed by atoms with Crippen LogP contribution in [0.25, 0.3) is 0 Å². The fourth-order valence-electron chi connectivity index (χ4n) is 4.68. The van der Waals surface area contributed by atoms with E-state index >= 15 is 0 Å². The number of piperidine rings is 1. The maximum atomic E-state index is 12.5. The van der Waals surface area contributed by atoms with Crippen LogP contribution in [0.15, 0.2) is 0 Å². The lowest BCUT2D eigenvalue weighted by Gasteiger charge is -2.33. The Morgan fingerprint density at radius 1 is 1.15 bits per heavy atom. The van der Waals surface area contributed by atoms with Gasteiger partial charge in [-0.3, -0.25) is 14.5 Å². The van der Waals surface area contributed by atoms with Crippen LogP contribution in [0.3, 0.4) is 0 Å². The number of carbonyl (C=O) groups is 3. The van der Waals surface area contributed by atoms with Crippen molar-refractivity contribution in [1.82, 2.24) is 20.4 Å². The van der Waals surface area contributed by atoms with Gasteiger partial charge in [0, 0.05) is 32.1 Å².